The lowest BCUT2D eigenvalue weighted by atomic mass is 9.63. The summed E-state index contributed by atoms with van der Waals surface area (Å²) in [4.78, 5) is 0. The first-order chi connectivity index (χ1) is 14.5. The summed E-state index contributed by atoms with van der Waals surface area (Å²) in [5, 5.41) is 3.78. The van der Waals surface area contributed by atoms with Crippen LogP contribution in [0.2, 0.25) is 0 Å². The molecule has 1 heteroatoms. The van der Waals surface area contributed by atoms with Gasteiger partial charge >= 0.3 is 0 Å². The monoisotopic (exact) mass is 409 g/mol. The largest absolute Gasteiger partial charge is 0.355 e. The minimum absolute atomic E-state index is 0.0573. The molecule has 0 aliphatic heterocycles. The Kier molecular flexibility index (Phi) is 4.26. The summed E-state index contributed by atoms with van der Waals surface area (Å²) in [5.74, 6) is 0. The molecule has 0 spiro atoms. The lowest BCUT2D eigenvalue weighted by Gasteiger charge is -2.42. The lowest BCUT2D eigenvalue weighted by Crippen LogP contribution is -2.34. The molecule has 1 N–H and O–H groups in total. The van der Waals surface area contributed by atoms with E-state index in [4.69, 9.17) is 0 Å². The standard InChI is InChI=1S/C30H35N/c1-19-16-25-26(29(4,5)15-14-28(25,2)3)18-27(19)31-20-12-13-24-22(17-20)21-10-8-9-11-23(21)30(24,6)7/h8-13,16-18,31H,14-15H2,1-7H3. The molecule has 0 atom stereocenters. The van der Waals surface area contributed by atoms with Gasteiger partial charge in [-0.05, 0) is 87.7 Å². The maximum Gasteiger partial charge on any atom is 0.0417 e. The number of aryl methyl sites for hydroxylation is 1. The third kappa shape index (κ3) is 3.04. The molecule has 160 valence electrons. The van der Waals surface area contributed by atoms with Crippen molar-refractivity contribution in [3.63, 3.8) is 0 Å². The topological polar surface area (TPSA) is 12.0 Å². The number of anilines is 2. The van der Waals surface area contributed by atoms with Crippen molar-refractivity contribution in [3.8, 4) is 11.1 Å². The average molecular weight is 410 g/mol. The van der Waals surface area contributed by atoms with Crippen molar-refractivity contribution in [1.29, 1.82) is 0 Å². The maximum atomic E-state index is 3.78. The minimum atomic E-state index is 0.0573. The molecular formula is C30H35N. The summed E-state index contributed by atoms with van der Waals surface area (Å²) >= 11 is 0. The molecule has 3 aromatic rings. The van der Waals surface area contributed by atoms with Crippen LogP contribution < -0.4 is 5.32 Å². The Morgan fingerprint density at radius 3 is 1.97 bits per heavy atom. The quantitative estimate of drug-likeness (QED) is 0.448. The smallest absolute Gasteiger partial charge is 0.0417 e. The van der Waals surface area contributed by atoms with Gasteiger partial charge in [0.1, 0.15) is 0 Å². The highest BCUT2D eigenvalue weighted by Crippen LogP contribution is 2.50. The summed E-state index contributed by atoms with van der Waals surface area (Å²) in [6.07, 6.45) is 2.49. The number of hydrogen-bond acceptors (Lipinski definition) is 1. The van der Waals surface area contributed by atoms with Gasteiger partial charge in [0, 0.05) is 16.8 Å². The third-order valence-electron chi connectivity index (χ3n) is 8.06. The Bertz CT molecular complexity index is 1190. The minimum Gasteiger partial charge on any atom is -0.355 e. The first-order valence-electron chi connectivity index (χ1n) is 11.7. The van der Waals surface area contributed by atoms with Crippen molar-refractivity contribution < 1.29 is 0 Å². The van der Waals surface area contributed by atoms with Gasteiger partial charge in [-0.15, -0.1) is 0 Å². The lowest BCUT2D eigenvalue weighted by molar-refractivity contribution is 0.332. The predicted molar refractivity (Wildman–Crippen MR) is 134 cm³/mol. The second-order valence-electron chi connectivity index (χ2n) is 11.5. The first-order valence-corrected chi connectivity index (χ1v) is 11.7. The molecule has 3 aromatic carbocycles. The molecule has 0 amide bonds. The zero-order valence-corrected chi connectivity index (χ0v) is 20.1. The highest BCUT2D eigenvalue weighted by Gasteiger charge is 2.38. The Morgan fingerprint density at radius 1 is 0.645 bits per heavy atom. The van der Waals surface area contributed by atoms with E-state index in [1.54, 1.807) is 0 Å². The molecule has 0 radical (unpaired) electrons. The summed E-state index contributed by atoms with van der Waals surface area (Å²) in [6.45, 7) is 16.5. The molecule has 0 saturated heterocycles. The zero-order valence-electron chi connectivity index (χ0n) is 20.1. The van der Waals surface area contributed by atoms with E-state index in [9.17, 15) is 0 Å². The van der Waals surface area contributed by atoms with Gasteiger partial charge in [0.2, 0.25) is 0 Å². The molecule has 0 aromatic heterocycles. The Balaban J connectivity index is 1.57. The molecule has 2 aliphatic carbocycles. The fourth-order valence-electron chi connectivity index (χ4n) is 5.81. The van der Waals surface area contributed by atoms with E-state index in [1.807, 2.05) is 0 Å². The van der Waals surface area contributed by atoms with Crippen molar-refractivity contribution in [2.24, 2.45) is 0 Å². The van der Waals surface area contributed by atoms with Crippen molar-refractivity contribution in [2.45, 2.75) is 77.6 Å². The molecule has 0 saturated carbocycles. The first kappa shape index (κ1) is 20.4. The average Bonchev–Trinajstić information content (AvgIpc) is 2.94. The molecule has 5 rings (SSSR count). The van der Waals surface area contributed by atoms with Gasteiger partial charge in [0.15, 0.2) is 0 Å². The van der Waals surface area contributed by atoms with Gasteiger partial charge in [-0.2, -0.15) is 0 Å². The van der Waals surface area contributed by atoms with Gasteiger partial charge in [0.25, 0.3) is 0 Å². The van der Waals surface area contributed by atoms with E-state index in [0.717, 1.165) is 0 Å². The van der Waals surface area contributed by atoms with Crippen LogP contribution in [0.4, 0.5) is 11.4 Å². The van der Waals surface area contributed by atoms with Gasteiger partial charge in [-0.1, -0.05) is 77.9 Å². The number of fused-ring (bicyclic) bond motifs is 4. The van der Waals surface area contributed by atoms with Crippen molar-refractivity contribution in [3.05, 3.63) is 82.4 Å². The highest BCUT2D eigenvalue weighted by atomic mass is 14.9. The Morgan fingerprint density at radius 2 is 1.26 bits per heavy atom. The Labute approximate surface area is 187 Å². The van der Waals surface area contributed by atoms with Gasteiger partial charge in [-0.3, -0.25) is 0 Å². The van der Waals surface area contributed by atoms with Gasteiger partial charge in [-0.25, -0.2) is 0 Å². The molecule has 0 bridgehead atoms. The van der Waals surface area contributed by atoms with Crippen LogP contribution in [0.3, 0.4) is 0 Å². The van der Waals surface area contributed by atoms with Crippen LogP contribution in [0.15, 0.2) is 54.6 Å². The van der Waals surface area contributed by atoms with Crippen LogP contribution in [0.25, 0.3) is 11.1 Å². The van der Waals surface area contributed by atoms with Crippen molar-refractivity contribution in [2.75, 3.05) is 5.32 Å². The van der Waals surface area contributed by atoms with Crippen LogP contribution >= 0.6 is 0 Å². The van der Waals surface area contributed by atoms with Crippen LogP contribution in [-0.4, -0.2) is 0 Å². The normalized spacial score (nSPS) is 19.3. The van der Waals surface area contributed by atoms with Gasteiger partial charge < -0.3 is 5.32 Å². The van der Waals surface area contributed by atoms with Crippen LogP contribution in [0, 0.1) is 6.92 Å². The van der Waals surface area contributed by atoms with Crippen molar-refractivity contribution >= 4 is 11.4 Å². The zero-order chi connectivity index (χ0) is 22.2. The third-order valence-corrected chi connectivity index (χ3v) is 8.06. The second-order valence-corrected chi connectivity index (χ2v) is 11.5. The molecule has 1 nitrogen and oxygen atoms in total. The summed E-state index contributed by atoms with van der Waals surface area (Å²) in [5.41, 5.74) is 12.9. The summed E-state index contributed by atoms with van der Waals surface area (Å²) in [6, 6.07) is 20.6. The number of hydrogen-bond donors (Lipinski definition) is 1. The summed E-state index contributed by atoms with van der Waals surface area (Å²) < 4.78 is 0. The SMILES string of the molecule is Cc1cc2c(cc1Nc1ccc3c(c1)-c1ccccc1C3(C)C)C(C)(C)CCC2(C)C. The summed E-state index contributed by atoms with van der Waals surface area (Å²) in [7, 11) is 0. The van der Waals surface area contributed by atoms with Crippen molar-refractivity contribution in [1.82, 2.24) is 0 Å². The van der Waals surface area contributed by atoms with Crippen LogP contribution in [0.1, 0.15) is 82.2 Å². The van der Waals surface area contributed by atoms with E-state index < -0.39 is 0 Å². The molecule has 0 heterocycles. The highest BCUT2D eigenvalue weighted by molar-refractivity contribution is 5.84. The number of benzene rings is 3. The maximum absolute atomic E-state index is 3.78. The predicted octanol–water partition coefficient (Wildman–Crippen LogP) is 8.39. The van der Waals surface area contributed by atoms with E-state index in [1.165, 1.54) is 63.2 Å². The van der Waals surface area contributed by atoms with E-state index in [2.05, 4.69) is 108 Å². The molecular weight excluding hydrogens is 374 g/mol. The second kappa shape index (κ2) is 6.48. The van der Waals surface area contributed by atoms with E-state index in [-0.39, 0.29) is 16.2 Å². The van der Waals surface area contributed by atoms with Crippen LogP contribution in [0.5, 0.6) is 0 Å². The number of nitrogens with one attached hydrogen (secondary N) is 1. The molecule has 31 heavy (non-hydrogen) atoms. The molecule has 0 unspecified atom stereocenters. The molecule has 2 aliphatic rings. The number of rotatable bonds is 2. The van der Waals surface area contributed by atoms with E-state index >= 15 is 0 Å². The molecule has 0 fully saturated rings. The fraction of sp³-hybridized carbons (Fsp3) is 0.400. The van der Waals surface area contributed by atoms with E-state index in [0.29, 0.717) is 0 Å². The van der Waals surface area contributed by atoms with Crippen LogP contribution in [-0.2, 0) is 16.2 Å². The fourth-order valence-corrected chi connectivity index (χ4v) is 5.81. The Hall–Kier alpha value is -2.54. The van der Waals surface area contributed by atoms with Gasteiger partial charge in [0.05, 0.1) is 0 Å².